The van der Waals surface area contributed by atoms with Crippen LogP contribution in [0.4, 0.5) is 13.2 Å². The first-order valence-corrected chi connectivity index (χ1v) is 14.5. The number of halogens is 4. The molecule has 0 amide bonds. The molecule has 3 aromatic rings. The number of hydrogen-bond acceptors (Lipinski definition) is 8. The van der Waals surface area contributed by atoms with Crippen LogP contribution in [0.25, 0.3) is 22.0 Å². The van der Waals surface area contributed by atoms with Crippen LogP contribution < -0.4 is 4.74 Å². The lowest BCUT2D eigenvalue weighted by atomic mass is 9.86. The highest BCUT2D eigenvalue weighted by Crippen LogP contribution is 2.35. The van der Waals surface area contributed by atoms with E-state index in [1.807, 2.05) is 44.2 Å². The number of alkyl halides is 3. The van der Waals surface area contributed by atoms with E-state index in [4.69, 9.17) is 21.3 Å². The number of piperidine rings is 1. The number of benzene rings is 2. The van der Waals surface area contributed by atoms with Crippen LogP contribution in [0, 0.1) is 5.92 Å². The van der Waals surface area contributed by atoms with Crippen molar-refractivity contribution in [3.8, 4) is 27.7 Å². The summed E-state index contributed by atoms with van der Waals surface area (Å²) in [4.78, 5) is 29.2. The molecule has 7 nitrogen and oxygen atoms in total. The minimum absolute atomic E-state index is 0.0150. The first-order valence-electron chi connectivity index (χ1n) is 13.4. The van der Waals surface area contributed by atoms with Crippen LogP contribution in [-0.4, -0.2) is 58.1 Å². The van der Waals surface area contributed by atoms with E-state index in [1.54, 1.807) is 4.90 Å². The molecule has 4 rings (SSSR count). The number of esters is 2. The zero-order chi connectivity index (χ0) is 29.7. The molecule has 1 saturated heterocycles. The Hall–Kier alpha value is -3.02. The van der Waals surface area contributed by atoms with Gasteiger partial charge >= 0.3 is 18.1 Å². The number of aromatic nitrogens is 2. The molecule has 1 aromatic heterocycles. The number of ether oxygens (including phenoxy) is 2. The van der Waals surface area contributed by atoms with Gasteiger partial charge in [0.1, 0.15) is 10.8 Å². The number of likely N-dealkylation sites (tertiary alicyclic amines) is 1. The van der Waals surface area contributed by atoms with Crippen LogP contribution in [0.3, 0.4) is 0 Å². The number of hydrogen-bond donors (Lipinski definition) is 0. The fraction of sp³-hybridized carbons (Fsp3) is 0.448. The van der Waals surface area contributed by atoms with Crippen LogP contribution in [0.5, 0.6) is 5.75 Å². The van der Waals surface area contributed by atoms with Crippen molar-refractivity contribution < 1.29 is 32.2 Å². The van der Waals surface area contributed by atoms with Crippen LogP contribution in [0.2, 0.25) is 5.02 Å². The third-order valence-electron chi connectivity index (χ3n) is 6.84. The van der Waals surface area contributed by atoms with Gasteiger partial charge < -0.3 is 9.47 Å². The summed E-state index contributed by atoms with van der Waals surface area (Å²) in [6, 6.07) is 11.7. The summed E-state index contributed by atoms with van der Waals surface area (Å²) in [5.41, 5.74) is 4.22. The molecule has 0 spiro atoms. The normalized spacial score (nSPS) is 14.8. The predicted octanol–water partition coefficient (Wildman–Crippen LogP) is 6.76. The van der Waals surface area contributed by atoms with Gasteiger partial charge in [-0.05, 0) is 99.4 Å². The number of nitrogens with zero attached hydrogens (tertiary/aromatic N) is 3. The Labute approximate surface area is 245 Å². The fourth-order valence-corrected chi connectivity index (χ4v) is 5.82. The summed E-state index contributed by atoms with van der Waals surface area (Å²) in [5, 5.41) is 1.27. The molecule has 12 heteroatoms. The van der Waals surface area contributed by atoms with E-state index >= 15 is 0 Å². The van der Waals surface area contributed by atoms with Gasteiger partial charge in [0.05, 0.1) is 17.7 Å². The molecule has 2 heterocycles. The van der Waals surface area contributed by atoms with Crippen molar-refractivity contribution in [2.24, 2.45) is 5.92 Å². The molecule has 0 unspecified atom stereocenters. The topological polar surface area (TPSA) is 81.6 Å². The number of carbonyl (C=O) groups is 2. The molecule has 0 radical (unpaired) electrons. The second kappa shape index (κ2) is 13.3. The average Bonchev–Trinajstić information content (AvgIpc) is 3.40. The Kier molecular flexibility index (Phi) is 10.0. The number of carbonyl (C=O) groups excluding carboxylic acids is 2. The first kappa shape index (κ1) is 30.9. The minimum Gasteiger partial charge on any atom is -0.489 e. The van der Waals surface area contributed by atoms with Crippen LogP contribution >= 0.6 is 23.1 Å². The largest absolute Gasteiger partial charge is 0.491 e. The summed E-state index contributed by atoms with van der Waals surface area (Å²) in [6.07, 6.45) is -2.02. The minimum atomic E-state index is -5.19. The highest BCUT2D eigenvalue weighted by atomic mass is 35.5. The maximum Gasteiger partial charge on any atom is 0.491 e. The van der Waals surface area contributed by atoms with Gasteiger partial charge in [0.15, 0.2) is 5.82 Å². The van der Waals surface area contributed by atoms with Crippen LogP contribution in [-0.2, 0) is 27.2 Å². The van der Waals surface area contributed by atoms with Gasteiger partial charge in [0.25, 0.3) is 0 Å². The van der Waals surface area contributed by atoms with Crippen LogP contribution in [0.15, 0.2) is 36.4 Å². The predicted molar refractivity (Wildman–Crippen MR) is 151 cm³/mol. The maximum absolute atomic E-state index is 12.3. The molecule has 0 aliphatic carbocycles. The molecule has 1 fully saturated rings. The summed E-state index contributed by atoms with van der Waals surface area (Å²) >= 11 is 7.74. The second-order valence-electron chi connectivity index (χ2n) is 10.2. The van der Waals surface area contributed by atoms with E-state index in [9.17, 15) is 22.8 Å². The van der Waals surface area contributed by atoms with Gasteiger partial charge in [-0.2, -0.15) is 17.5 Å². The van der Waals surface area contributed by atoms with Crippen molar-refractivity contribution >= 4 is 35.1 Å². The molecule has 0 N–H and O–H groups in total. The first-order chi connectivity index (χ1) is 19.4. The zero-order valence-corrected chi connectivity index (χ0v) is 24.5. The molecule has 0 saturated carbocycles. The number of rotatable bonds is 9. The van der Waals surface area contributed by atoms with Crippen molar-refractivity contribution in [3.63, 3.8) is 0 Å². The third-order valence-corrected chi connectivity index (χ3v) is 7.90. The van der Waals surface area contributed by atoms with E-state index in [2.05, 4.69) is 22.1 Å². The van der Waals surface area contributed by atoms with Gasteiger partial charge in [0, 0.05) is 11.1 Å². The molecular formula is C29H31ClF3N3O4S. The Morgan fingerprint density at radius 2 is 1.90 bits per heavy atom. The molecule has 2 aromatic carbocycles. The van der Waals surface area contributed by atoms with Gasteiger partial charge in [-0.1, -0.05) is 36.7 Å². The van der Waals surface area contributed by atoms with Crippen molar-refractivity contribution in [2.45, 2.75) is 58.7 Å². The van der Waals surface area contributed by atoms with Crippen molar-refractivity contribution in [3.05, 3.63) is 52.5 Å². The van der Waals surface area contributed by atoms with Gasteiger partial charge in [0.2, 0.25) is 0 Å². The Balaban J connectivity index is 1.40. The monoisotopic (exact) mass is 609 g/mol. The lowest BCUT2D eigenvalue weighted by molar-refractivity contribution is -0.202. The van der Waals surface area contributed by atoms with Crippen molar-refractivity contribution in [2.75, 3.05) is 19.6 Å². The molecule has 1 aliphatic heterocycles. The van der Waals surface area contributed by atoms with E-state index in [0.29, 0.717) is 35.6 Å². The average molecular weight is 610 g/mol. The van der Waals surface area contributed by atoms with Gasteiger partial charge in [-0.15, -0.1) is 0 Å². The van der Waals surface area contributed by atoms with Crippen molar-refractivity contribution in [1.82, 2.24) is 14.3 Å². The van der Waals surface area contributed by atoms with E-state index < -0.39 is 18.1 Å². The molecule has 41 heavy (non-hydrogen) atoms. The Bertz CT molecular complexity index is 1390. The Morgan fingerprint density at radius 1 is 1.17 bits per heavy atom. The molecule has 220 valence electrons. The van der Waals surface area contributed by atoms with Crippen LogP contribution in [0.1, 0.15) is 44.7 Å². The summed E-state index contributed by atoms with van der Waals surface area (Å²) in [5.74, 6) is -2.05. The van der Waals surface area contributed by atoms with E-state index in [1.165, 1.54) is 22.7 Å². The second-order valence-corrected chi connectivity index (χ2v) is 11.4. The molecule has 0 atom stereocenters. The fourth-order valence-electron chi connectivity index (χ4n) is 4.92. The standard InChI is InChI=1S/C29H31ClF3N3O4S/c1-4-21-19(14-18-10-12-36(13-11-18)16-25(37)40-28(38)29(31,32)33)6-5-7-22(21)26-34-27(41-35-26)20-8-9-24(23(30)15-20)39-17(2)3/h5-9,15,17-18H,4,10-14,16H2,1-3H3. The van der Waals surface area contributed by atoms with Crippen molar-refractivity contribution in [1.29, 1.82) is 0 Å². The Morgan fingerprint density at radius 3 is 2.54 bits per heavy atom. The molecule has 1 aliphatic rings. The lowest BCUT2D eigenvalue weighted by Crippen LogP contribution is -2.40. The summed E-state index contributed by atoms with van der Waals surface area (Å²) in [7, 11) is 0. The zero-order valence-electron chi connectivity index (χ0n) is 23.0. The molecule has 0 bridgehead atoms. The third kappa shape index (κ3) is 8.05. The summed E-state index contributed by atoms with van der Waals surface area (Å²) in [6.45, 7) is 6.69. The maximum atomic E-state index is 12.3. The van der Waals surface area contributed by atoms with Gasteiger partial charge in [-0.3, -0.25) is 9.69 Å². The SMILES string of the molecule is CCc1c(CC2CCN(CC(=O)OC(=O)C(F)(F)F)CC2)cccc1-c1nsc(-c2ccc(OC(C)C)c(Cl)c2)n1. The summed E-state index contributed by atoms with van der Waals surface area (Å²) < 4.78 is 51.3. The van der Waals surface area contributed by atoms with E-state index in [0.717, 1.165) is 41.8 Å². The molecular weight excluding hydrogens is 579 g/mol. The van der Waals surface area contributed by atoms with Gasteiger partial charge in [-0.25, -0.2) is 9.78 Å². The highest BCUT2D eigenvalue weighted by Gasteiger charge is 2.42. The quantitative estimate of drug-likeness (QED) is 0.196. The highest BCUT2D eigenvalue weighted by molar-refractivity contribution is 7.09. The smallest absolute Gasteiger partial charge is 0.489 e. The lowest BCUT2D eigenvalue weighted by Gasteiger charge is -2.31. The van der Waals surface area contributed by atoms with E-state index in [-0.39, 0.29) is 12.6 Å².